The number of piperidine rings is 1. The highest BCUT2D eigenvalue weighted by atomic mass is 35.5. The third kappa shape index (κ3) is 4.83. The van der Waals surface area contributed by atoms with Crippen molar-refractivity contribution >= 4 is 24.8 Å². The van der Waals surface area contributed by atoms with Gasteiger partial charge in [0.25, 0.3) is 0 Å². The van der Waals surface area contributed by atoms with Crippen molar-refractivity contribution in [2.45, 2.75) is 39.7 Å². The molecule has 0 spiro atoms. The summed E-state index contributed by atoms with van der Waals surface area (Å²) in [6.45, 7) is 8.92. The molecule has 0 aromatic carbocycles. The molecule has 0 amide bonds. The van der Waals surface area contributed by atoms with Crippen molar-refractivity contribution < 1.29 is 0 Å². The normalized spacial score (nSPS) is 27.4. The van der Waals surface area contributed by atoms with E-state index < -0.39 is 0 Å². The Morgan fingerprint density at radius 1 is 1.29 bits per heavy atom. The van der Waals surface area contributed by atoms with Gasteiger partial charge in [0.05, 0.1) is 0 Å². The van der Waals surface area contributed by atoms with Gasteiger partial charge in [-0.3, -0.25) is 0 Å². The van der Waals surface area contributed by atoms with Gasteiger partial charge < -0.3 is 11.1 Å². The van der Waals surface area contributed by atoms with Gasteiger partial charge in [-0.1, -0.05) is 20.8 Å². The van der Waals surface area contributed by atoms with Crippen LogP contribution in [-0.2, 0) is 0 Å². The highest BCUT2D eigenvalue weighted by Crippen LogP contribution is 2.33. The first-order valence-corrected chi connectivity index (χ1v) is 4.97. The first-order valence-electron chi connectivity index (χ1n) is 4.97. The molecule has 0 aromatic heterocycles. The molecule has 1 saturated heterocycles. The van der Waals surface area contributed by atoms with Crippen molar-refractivity contribution in [2.24, 2.45) is 17.1 Å². The Morgan fingerprint density at radius 2 is 1.86 bits per heavy atom. The van der Waals surface area contributed by atoms with E-state index in [0.29, 0.717) is 11.5 Å². The van der Waals surface area contributed by atoms with Gasteiger partial charge in [0, 0.05) is 12.6 Å². The van der Waals surface area contributed by atoms with E-state index in [1.165, 1.54) is 12.8 Å². The van der Waals surface area contributed by atoms with Crippen LogP contribution >= 0.6 is 24.8 Å². The van der Waals surface area contributed by atoms with Gasteiger partial charge in [-0.25, -0.2) is 0 Å². The first-order chi connectivity index (χ1) is 5.54. The monoisotopic (exact) mass is 242 g/mol. The second kappa shape index (κ2) is 6.89. The predicted octanol–water partition coefficient (Wildman–Crippen LogP) is 2.20. The maximum absolute atomic E-state index is 5.65. The van der Waals surface area contributed by atoms with Crippen molar-refractivity contribution in [1.29, 1.82) is 0 Å². The van der Waals surface area contributed by atoms with Crippen LogP contribution in [0, 0.1) is 11.3 Å². The van der Waals surface area contributed by atoms with Gasteiger partial charge in [0.2, 0.25) is 0 Å². The minimum atomic E-state index is 0. The van der Waals surface area contributed by atoms with E-state index in [1.807, 2.05) is 0 Å². The summed E-state index contributed by atoms with van der Waals surface area (Å²) in [5.41, 5.74) is 6.10. The standard InChI is InChI=1S/C10H22N2.2ClH/c1-10(2,3)8-4-5-12-9(6-8)7-11;;/h8-9,12H,4-7,11H2,1-3H3;2*1H/t8-,9+;;/m1../s1. The van der Waals surface area contributed by atoms with Crippen molar-refractivity contribution in [3.05, 3.63) is 0 Å². The van der Waals surface area contributed by atoms with E-state index in [4.69, 9.17) is 5.73 Å². The summed E-state index contributed by atoms with van der Waals surface area (Å²) >= 11 is 0. The SMILES string of the molecule is CC(C)(C)[C@@H]1CCN[C@H](CN)C1.Cl.Cl. The topological polar surface area (TPSA) is 38.0 Å². The lowest BCUT2D eigenvalue weighted by Crippen LogP contribution is -2.45. The van der Waals surface area contributed by atoms with Crippen molar-refractivity contribution in [3.8, 4) is 0 Å². The molecule has 4 heteroatoms. The summed E-state index contributed by atoms with van der Waals surface area (Å²) in [5.74, 6) is 0.840. The molecule has 1 heterocycles. The van der Waals surface area contributed by atoms with E-state index in [-0.39, 0.29) is 24.8 Å². The Balaban J connectivity index is 0. The fraction of sp³-hybridized carbons (Fsp3) is 1.00. The van der Waals surface area contributed by atoms with Crippen LogP contribution in [0.3, 0.4) is 0 Å². The smallest absolute Gasteiger partial charge is 0.0193 e. The van der Waals surface area contributed by atoms with Gasteiger partial charge in [0.15, 0.2) is 0 Å². The van der Waals surface area contributed by atoms with E-state index in [9.17, 15) is 0 Å². The van der Waals surface area contributed by atoms with Crippen molar-refractivity contribution in [1.82, 2.24) is 5.32 Å². The van der Waals surface area contributed by atoms with E-state index in [2.05, 4.69) is 26.1 Å². The zero-order valence-electron chi connectivity index (χ0n) is 9.38. The Hall–Kier alpha value is 0.500. The van der Waals surface area contributed by atoms with Crippen LogP contribution in [-0.4, -0.2) is 19.1 Å². The molecule has 14 heavy (non-hydrogen) atoms. The molecule has 1 fully saturated rings. The van der Waals surface area contributed by atoms with Gasteiger partial charge in [-0.05, 0) is 30.7 Å². The quantitative estimate of drug-likeness (QED) is 0.741. The minimum absolute atomic E-state index is 0. The minimum Gasteiger partial charge on any atom is -0.329 e. The molecule has 1 aliphatic heterocycles. The van der Waals surface area contributed by atoms with Crippen molar-refractivity contribution in [3.63, 3.8) is 0 Å². The summed E-state index contributed by atoms with van der Waals surface area (Å²) in [7, 11) is 0. The summed E-state index contributed by atoms with van der Waals surface area (Å²) in [4.78, 5) is 0. The maximum Gasteiger partial charge on any atom is 0.0193 e. The maximum atomic E-state index is 5.65. The molecule has 0 aliphatic carbocycles. The van der Waals surface area contributed by atoms with E-state index in [1.54, 1.807) is 0 Å². The fourth-order valence-electron chi connectivity index (χ4n) is 1.97. The van der Waals surface area contributed by atoms with Crippen LogP contribution in [0.25, 0.3) is 0 Å². The number of nitrogens with two attached hydrogens (primary N) is 1. The average molecular weight is 243 g/mol. The van der Waals surface area contributed by atoms with Crippen molar-refractivity contribution in [2.75, 3.05) is 13.1 Å². The third-order valence-corrected chi connectivity index (χ3v) is 3.00. The second-order valence-corrected chi connectivity index (χ2v) is 4.97. The number of hydrogen-bond acceptors (Lipinski definition) is 2. The first kappa shape index (κ1) is 16.9. The Morgan fingerprint density at radius 3 is 2.29 bits per heavy atom. The Kier molecular flexibility index (Phi) is 8.32. The number of rotatable bonds is 1. The average Bonchev–Trinajstić information content (AvgIpc) is 2.03. The van der Waals surface area contributed by atoms with Gasteiger partial charge >= 0.3 is 0 Å². The summed E-state index contributed by atoms with van der Waals surface area (Å²) < 4.78 is 0. The highest BCUT2D eigenvalue weighted by Gasteiger charge is 2.29. The largest absolute Gasteiger partial charge is 0.329 e. The van der Waals surface area contributed by atoms with Crippen LogP contribution in [0.1, 0.15) is 33.6 Å². The van der Waals surface area contributed by atoms with Gasteiger partial charge in [-0.2, -0.15) is 0 Å². The number of halogens is 2. The summed E-state index contributed by atoms with van der Waals surface area (Å²) in [6, 6.07) is 0.558. The second-order valence-electron chi connectivity index (χ2n) is 4.97. The molecule has 0 aromatic rings. The molecule has 1 rings (SSSR count). The molecule has 0 saturated carbocycles. The lowest BCUT2D eigenvalue weighted by atomic mass is 9.74. The van der Waals surface area contributed by atoms with Crippen LogP contribution < -0.4 is 11.1 Å². The summed E-state index contributed by atoms with van der Waals surface area (Å²) in [5, 5.41) is 3.45. The molecule has 0 bridgehead atoms. The number of nitrogens with one attached hydrogen (secondary N) is 1. The van der Waals surface area contributed by atoms with E-state index in [0.717, 1.165) is 19.0 Å². The zero-order chi connectivity index (χ0) is 9.19. The zero-order valence-corrected chi connectivity index (χ0v) is 11.0. The molecule has 0 radical (unpaired) electrons. The Bertz CT molecular complexity index is 146. The third-order valence-electron chi connectivity index (χ3n) is 3.00. The van der Waals surface area contributed by atoms with Crippen LogP contribution in [0.15, 0.2) is 0 Å². The van der Waals surface area contributed by atoms with Gasteiger partial charge in [-0.15, -0.1) is 24.8 Å². The number of hydrogen-bond donors (Lipinski definition) is 2. The molecule has 1 aliphatic rings. The highest BCUT2D eigenvalue weighted by molar-refractivity contribution is 5.85. The lowest BCUT2D eigenvalue weighted by Gasteiger charge is -2.37. The molecule has 2 atom stereocenters. The molecular weight excluding hydrogens is 219 g/mol. The summed E-state index contributed by atoms with van der Waals surface area (Å²) in [6.07, 6.45) is 2.56. The lowest BCUT2D eigenvalue weighted by molar-refractivity contribution is 0.162. The molecule has 0 unspecified atom stereocenters. The fourth-order valence-corrected chi connectivity index (χ4v) is 1.97. The molecular formula is C10H24Cl2N2. The van der Waals surface area contributed by atoms with Crippen LogP contribution in [0.4, 0.5) is 0 Å². The predicted molar refractivity (Wildman–Crippen MR) is 67.5 cm³/mol. The molecule has 2 nitrogen and oxygen atoms in total. The van der Waals surface area contributed by atoms with Crippen LogP contribution in [0.5, 0.6) is 0 Å². The molecule has 88 valence electrons. The van der Waals surface area contributed by atoms with Gasteiger partial charge in [0.1, 0.15) is 0 Å². The Labute approximate surface area is 100 Å². The molecule has 3 N–H and O–H groups in total. The van der Waals surface area contributed by atoms with E-state index >= 15 is 0 Å². The van der Waals surface area contributed by atoms with Crippen LogP contribution in [0.2, 0.25) is 0 Å².